The molecule has 1 aromatic rings. The van der Waals surface area contributed by atoms with Crippen LogP contribution in [0.3, 0.4) is 0 Å². The predicted octanol–water partition coefficient (Wildman–Crippen LogP) is 13.7. The fraction of sp³-hybridized carbons (Fsp3) is 0.773. The number of rotatable bonds is 35. The van der Waals surface area contributed by atoms with E-state index in [1.165, 1.54) is 161 Å². The van der Waals surface area contributed by atoms with Crippen LogP contribution in [0.5, 0.6) is 0 Å². The smallest absolute Gasteiger partial charge is 0.0840 e. The molecule has 276 valence electrons. The SMILES string of the molecule is CCCCC/C=C\C/C=C\CCCCCCCCC(CCCCCCCC/C=C\C/C=C\CCCCCC)n1cc(CCN(C)C)nn1. The fourth-order valence-corrected chi connectivity index (χ4v) is 6.27. The van der Waals surface area contributed by atoms with Gasteiger partial charge in [0, 0.05) is 19.2 Å². The number of hydrogen-bond donors (Lipinski definition) is 0. The van der Waals surface area contributed by atoms with Crippen molar-refractivity contribution in [1.29, 1.82) is 0 Å². The lowest BCUT2D eigenvalue weighted by atomic mass is 10.00. The van der Waals surface area contributed by atoms with Crippen LogP contribution in [-0.4, -0.2) is 40.5 Å². The lowest BCUT2D eigenvalue weighted by Crippen LogP contribution is -2.15. The van der Waals surface area contributed by atoms with E-state index in [-0.39, 0.29) is 0 Å². The van der Waals surface area contributed by atoms with Crippen molar-refractivity contribution in [1.82, 2.24) is 19.9 Å². The number of hydrogen-bond acceptors (Lipinski definition) is 3. The highest BCUT2D eigenvalue weighted by Crippen LogP contribution is 2.23. The minimum atomic E-state index is 0.506. The Kier molecular flexibility index (Phi) is 32.1. The summed E-state index contributed by atoms with van der Waals surface area (Å²) in [4.78, 5) is 2.23. The van der Waals surface area contributed by atoms with Gasteiger partial charge in [0.1, 0.15) is 0 Å². The van der Waals surface area contributed by atoms with Crippen molar-refractivity contribution in [2.45, 2.75) is 200 Å². The summed E-state index contributed by atoms with van der Waals surface area (Å²) in [5.74, 6) is 0. The molecule has 0 aromatic carbocycles. The summed E-state index contributed by atoms with van der Waals surface area (Å²) in [5.41, 5.74) is 1.14. The number of allylic oxidation sites excluding steroid dienone is 8. The highest BCUT2D eigenvalue weighted by Gasteiger charge is 2.13. The monoisotopic (exact) mass is 665 g/mol. The quantitative estimate of drug-likeness (QED) is 0.0535. The van der Waals surface area contributed by atoms with Gasteiger partial charge in [0.2, 0.25) is 0 Å². The first kappa shape index (κ1) is 44.1. The van der Waals surface area contributed by atoms with Crippen molar-refractivity contribution >= 4 is 0 Å². The van der Waals surface area contributed by atoms with E-state index in [1.807, 2.05) is 0 Å². The maximum Gasteiger partial charge on any atom is 0.0840 e. The minimum absolute atomic E-state index is 0.506. The Bertz CT molecular complexity index is 909. The summed E-state index contributed by atoms with van der Waals surface area (Å²) in [6, 6.07) is 0.506. The van der Waals surface area contributed by atoms with Gasteiger partial charge in [-0.3, -0.25) is 0 Å². The molecule has 1 aromatic heterocycles. The molecule has 0 amide bonds. The molecule has 0 saturated heterocycles. The summed E-state index contributed by atoms with van der Waals surface area (Å²) >= 11 is 0. The molecule has 4 heteroatoms. The lowest BCUT2D eigenvalue weighted by Gasteiger charge is -2.17. The standard InChI is InChI=1S/C44H80N4/c1-5-7-9-11-13-15-17-19-21-23-25-27-29-31-33-35-37-39-44(48-42-43(45-46-48)40-41-47(3)4)38-36-34-32-30-28-26-24-22-20-18-16-14-12-10-8-6-2/h14-17,20-23,42,44H,5-13,18-19,24-41H2,1-4H3/b16-14-,17-15-,22-20-,23-21-. The molecule has 1 unspecified atom stereocenters. The first-order chi connectivity index (χ1) is 23.7. The van der Waals surface area contributed by atoms with Crippen LogP contribution < -0.4 is 0 Å². The highest BCUT2D eigenvalue weighted by molar-refractivity contribution is 4.95. The van der Waals surface area contributed by atoms with Gasteiger partial charge in [-0.05, 0) is 91.1 Å². The summed E-state index contributed by atoms with van der Waals surface area (Å²) in [7, 11) is 4.26. The number of nitrogens with zero attached hydrogens (tertiary/aromatic N) is 4. The zero-order valence-electron chi connectivity index (χ0n) is 32.6. The van der Waals surface area contributed by atoms with E-state index in [9.17, 15) is 0 Å². The third kappa shape index (κ3) is 29.0. The van der Waals surface area contributed by atoms with Gasteiger partial charge >= 0.3 is 0 Å². The Labute approximate surface area is 300 Å². The third-order valence-corrected chi connectivity index (χ3v) is 9.47. The summed E-state index contributed by atoms with van der Waals surface area (Å²) in [5, 5.41) is 9.14. The second kappa shape index (κ2) is 34.9. The van der Waals surface area contributed by atoms with Crippen LogP contribution in [0.4, 0.5) is 0 Å². The van der Waals surface area contributed by atoms with E-state index in [4.69, 9.17) is 0 Å². The van der Waals surface area contributed by atoms with Crippen molar-refractivity contribution in [3.63, 3.8) is 0 Å². The summed E-state index contributed by atoms with van der Waals surface area (Å²) in [6.07, 6.45) is 57.4. The Morgan fingerprint density at radius 3 is 1.40 bits per heavy atom. The molecule has 48 heavy (non-hydrogen) atoms. The second-order valence-corrected chi connectivity index (χ2v) is 14.5. The van der Waals surface area contributed by atoms with Gasteiger partial charge in [-0.25, -0.2) is 4.68 Å². The number of likely N-dealkylation sites (N-methyl/N-ethyl adjacent to an activating group) is 1. The average molecular weight is 665 g/mol. The van der Waals surface area contributed by atoms with Crippen molar-refractivity contribution in [3.8, 4) is 0 Å². The lowest BCUT2D eigenvalue weighted by molar-refractivity contribution is 0.360. The molecule has 0 aliphatic carbocycles. The van der Waals surface area contributed by atoms with Gasteiger partial charge in [0.25, 0.3) is 0 Å². The molecular formula is C44H80N4. The van der Waals surface area contributed by atoms with Crippen LogP contribution in [0.15, 0.2) is 54.8 Å². The van der Waals surface area contributed by atoms with Crippen molar-refractivity contribution < 1.29 is 0 Å². The molecule has 0 aliphatic heterocycles. The third-order valence-electron chi connectivity index (χ3n) is 9.47. The van der Waals surface area contributed by atoms with E-state index in [2.05, 4.69) is 103 Å². The maximum atomic E-state index is 4.61. The molecule has 1 rings (SSSR count). The van der Waals surface area contributed by atoms with E-state index >= 15 is 0 Å². The molecule has 0 radical (unpaired) electrons. The van der Waals surface area contributed by atoms with Gasteiger partial charge < -0.3 is 4.90 Å². The van der Waals surface area contributed by atoms with Crippen LogP contribution in [0, 0.1) is 0 Å². The largest absolute Gasteiger partial charge is 0.309 e. The topological polar surface area (TPSA) is 34.0 Å². The van der Waals surface area contributed by atoms with Crippen LogP contribution >= 0.6 is 0 Å². The summed E-state index contributed by atoms with van der Waals surface area (Å²) < 4.78 is 2.21. The molecule has 1 atom stereocenters. The predicted molar refractivity (Wildman–Crippen MR) is 214 cm³/mol. The Balaban J connectivity index is 2.20. The van der Waals surface area contributed by atoms with Crippen molar-refractivity contribution in [3.05, 3.63) is 60.5 Å². The molecule has 0 bridgehead atoms. The Hall–Kier alpha value is -1.94. The Morgan fingerprint density at radius 2 is 0.938 bits per heavy atom. The molecular weight excluding hydrogens is 585 g/mol. The Morgan fingerprint density at radius 1 is 0.542 bits per heavy atom. The molecule has 0 saturated carbocycles. The van der Waals surface area contributed by atoms with Gasteiger partial charge in [-0.2, -0.15) is 0 Å². The number of aromatic nitrogens is 3. The van der Waals surface area contributed by atoms with Gasteiger partial charge in [-0.15, -0.1) is 5.10 Å². The molecule has 0 N–H and O–H groups in total. The van der Waals surface area contributed by atoms with Gasteiger partial charge in [-0.1, -0.05) is 164 Å². The second-order valence-electron chi connectivity index (χ2n) is 14.5. The average Bonchev–Trinajstić information content (AvgIpc) is 3.56. The van der Waals surface area contributed by atoms with Crippen LogP contribution in [-0.2, 0) is 6.42 Å². The van der Waals surface area contributed by atoms with E-state index in [0.717, 1.165) is 31.5 Å². The van der Waals surface area contributed by atoms with Gasteiger partial charge in [0.15, 0.2) is 0 Å². The normalized spacial score (nSPS) is 13.1. The first-order valence-corrected chi connectivity index (χ1v) is 20.8. The molecule has 0 spiro atoms. The zero-order chi connectivity index (χ0) is 34.6. The number of unbranched alkanes of at least 4 members (excludes halogenated alkanes) is 19. The van der Waals surface area contributed by atoms with Gasteiger partial charge in [0.05, 0.1) is 11.7 Å². The van der Waals surface area contributed by atoms with Crippen LogP contribution in [0.2, 0.25) is 0 Å². The van der Waals surface area contributed by atoms with E-state index in [1.54, 1.807) is 0 Å². The fourth-order valence-electron chi connectivity index (χ4n) is 6.27. The van der Waals surface area contributed by atoms with E-state index in [0.29, 0.717) is 6.04 Å². The summed E-state index contributed by atoms with van der Waals surface area (Å²) in [6.45, 7) is 5.58. The first-order valence-electron chi connectivity index (χ1n) is 20.8. The minimum Gasteiger partial charge on any atom is -0.309 e. The van der Waals surface area contributed by atoms with Crippen LogP contribution in [0.25, 0.3) is 0 Å². The molecule has 4 nitrogen and oxygen atoms in total. The van der Waals surface area contributed by atoms with Crippen molar-refractivity contribution in [2.75, 3.05) is 20.6 Å². The highest BCUT2D eigenvalue weighted by atomic mass is 15.4. The van der Waals surface area contributed by atoms with E-state index < -0.39 is 0 Å². The maximum absolute atomic E-state index is 4.61. The van der Waals surface area contributed by atoms with Crippen molar-refractivity contribution in [2.24, 2.45) is 0 Å². The van der Waals surface area contributed by atoms with Crippen LogP contribution in [0.1, 0.15) is 199 Å². The zero-order valence-corrected chi connectivity index (χ0v) is 32.6. The molecule has 1 heterocycles. The molecule has 0 aliphatic rings. The molecule has 0 fully saturated rings.